The van der Waals surface area contributed by atoms with E-state index in [0.29, 0.717) is 40.0 Å². The van der Waals surface area contributed by atoms with E-state index in [4.69, 9.17) is 14.2 Å². The molecule has 10 nitrogen and oxygen atoms in total. The molecule has 1 aliphatic rings. The molecule has 0 bridgehead atoms. The van der Waals surface area contributed by atoms with Gasteiger partial charge in [-0.2, -0.15) is 5.10 Å². The van der Waals surface area contributed by atoms with E-state index in [9.17, 15) is 4.79 Å². The molecule has 3 aromatic rings. The molecule has 2 N–H and O–H groups in total. The van der Waals surface area contributed by atoms with Crippen LogP contribution in [0.1, 0.15) is 29.8 Å². The van der Waals surface area contributed by atoms with Gasteiger partial charge in [0.1, 0.15) is 23.7 Å². The Hall–Kier alpha value is -3.82. The number of methoxy groups -OCH3 is 3. The van der Waals surface area contributed by atoms with Gasteiger partial charge in [0.05, 0.1) is 27.0 Å². The number of amides is 1. The second kappa shape index (κ2) is 9.54. The highest BCUT2D eigenvalue weighted by molar-refractivity contribution is 6.03. The summed E-state index contributed by atoms with van der Waals surface area (Å²) in [5, 5.41) is 9.85. The molecular formula is C22H26N6O4. The number of rotatable bonds is 7. The molecule has 10 heteroatoms. The minimum atomic E-state index is -0.348. The van der Waals surface area contributed by atoms with Gasteiger partial charge in [0, 0.05) is 24.7 Å². The van der Waals surface area contributed by atoms with Crippen molar-refractivity contribution in [2.75, 3.05) is 44.6 Å². The molecule has 0 radical (unpaired) electrons. The summed E-state index contributed by atoms with van der Waals surface area (Å²) in [6.45, 7) is 1.92. The van der Waals surface area contributed by atoms with Gasteiger partial charge in [-0.25, -0.2) is 9.97 Å². The van der Waals surface area contributed by atoms with Crippen LogP contribution in [-0.2, 0) is 0 Å². The number of benzene rings is 1. The fraction of sp³-hybridized carbons (Fsp3) is 0.364. The Morgan fingerprint density at radius 1 is 0.969 bits per heavy atom. The highest BCUT2D eigenvalue weighted by atomic mass is 16.5. The SMILES string of the molecule is COc1cc(-c2cc(C(=O)Nc3cc(N4CCCCC4)ncn3)[nH]n2)cc(OC)c1OC. The van der Waals surface area contributed by atoms with Crippen molar-refractivity contribution in [1.29, 1.82) is 0 Å². The number of anilines is 2. The molecule has 168 valence electrons. The van der Waals surface area contributed by atoms with E-state index in [1.807, 2.05) is 0 Å². The Balaban J connectivity index is 1.52. The average Bonchev–Trinajstić information content (AvgIpc) is 3.34. The van der Waals surface area contributed by atoms with Gasteiger partial charge in [0.2, 0.25) is 5.75 Å². The minimum Gasteiger partial charge on any atom is -0.493 e. The first-order valence-electron chi connectivity index (χ1n) is 10.4. The molecule has 1 aromatic carbocycles. The maximum atomic E-state index is 12.8. The lowest BCUT2D eigenvalue weighted by atomic mass is 10.1. The highest BCUT2D eigenvalue weighted by Crippen LogP contribution is 2.40. The van der Waals surface area contributed by atoms with Crippen LogP contribution in [0.3, 0.4) is 0 Å². The number of ether oxygens (including phenoxy) is 3. The fourth-order valence-electron chi connectivity index (χ4n) is 3.71. The van der Waals surface area contributed by atoms with Crippen LogP contribution in [0.25, 0.3) is 11.3 Å². The molecule has 0 atom stereocenters. The first-order valence-corrected chi connectivity index (χ1v) is 10.4. The third-order valence-electron chi connectivity index (χ3n) is 5.36. The van der Waals surface area contributed by atoms with Gasteiger partial charge >= 0.3 is 0 Å². The maximum absolute atomic E-state index is 12.8. The molecule has 32 heavy (non-hydrogen) atoms. The van der Waals surface area contributed by atoms with Gasteiger partial charge < -0.3 is 24.4 Å². The molecule has 1 amide bonds. The van der Waals surface area contributed by atoms with Crippen molar-refractivity contribution >= 4 is 17.5 Å². The number of aromatic amines is 1. The van der Waals surface area contributed by atoms with E-state index < -0.39 is 0 Å². The summed E-state index contributed by atoms with van der Waals surface area (Å²) in [5.41, 5.74) is 1.57. The topological polar surface area (TPSA) is 114 Å². The monoisotopic (exact) mass is 438 g/mol. The minimum absolute atomic E-state index is 0.298. The van der Waals surface area contributed by atoms with Gasteiger partial charge in [0.25, 0.3) is 5.91 Å². The zero-order chi connectivity index (χ0) is 22.5. The first-order chi connectivity index (χ1) is 15.6. The summed E-state index contributed by atoms with van der Waals surface area (Å²) in [6, 6.07) is 6.99. The van der Waals surface area contributed by atoms with Crippen LogP contribution in [-0.4, -0.2) is 60.5 Å². The number of H-pyrrole nitrogens is 1. The lowest BCUT2D eigenvalue weighted by Gasteiger charge is -2.27. The number of carbonyl (C=O) groups excluding carboxylic acids is 1. The lowest BCUT2D eigenvalue weighted by molar-refractivity contribution is 0.102. The Labute approximate surface area is 185 Å². The average molecular weight is 438 g/mol. The zero-order valence-electron chi connectivity index (χ0n) is 18.3. The Morgan fingerprint density at radius 2 is 1.69 bits per heavy atom. The van der Waals surface area contributed by atoms with Gasteiger partial charge in [-0.3, -0.25) is 9.89 Å². The summed E-state index contributed by atoms with van der Waals surface area (Å²) in [6.07, 6.45) is 4.99. The second-order valence-corrected chi connectivity index (χ2v) is 7.34. The summed E-state index contributed by atoms with van der Waals surface area (Å²) in [5.74, 6) is 2.40. The number of carbonyl (C=O) groups is 1. The molecule has 0 unspecified atom stereocenters. The number of hydrogen-bond donors (Lipinski definition) is 2. The second-order valence-electron chi connectivity index (χ2n) is 7.34. The van der Waals surface area contributed by atoms with Crippen molar-refractivity contribution in [1.82, 2.24) is 20.2 Å². The molecule has 0 aliphatic carbocycles. The Bertz CT molecular complexity index is 1070. The Kier molecular flexibility index (Phi) is 6.39. The normalized spacial score (nSPS) is 13.5. The quantitative estimate of drug-likeness (QED) is 0.578. The van der Waals surface area contributed by atoms with Crippen molar-refractivity contribution in [2.24, 2.45) is 0 Å². The molecule has 1 fully saturated rings. The number of nitrogens with one attached hydrogen (secondary N) is 2. The molecule has 1 aliphatic heterocycles. The van der Waals surface area contributed by atoms with Crippen molar-refractivity contribution in [2.45, 2.75) is 19.3 Å². The van der Waals surface area contributed by atoms with Crippen LogP contribution in [0.2, 0.25) is 0 Å². The fourth-order valence-corrected chi connectivity index (χ4v) is 3.71. The smallest absolute Gasteiger partial charge is 0.274 e. The predicted molar refractivity (Wildman–Crippen MR) is 120 cm³/mol. The van der Waals surface area contributed by atoms with Gasteiger partial charge in [-0.15, -0.1) is 0 Å². The third kappa shape index (κ3) is 4.43. The van der Waals surface area contributed by atoms with Crippen LogP contribution in [0.5, 0.6) is 17.2 Å². The van der Waals surface area contributed by atoms with Crippen LogP contribution in [0, 0.1) is 0 Å². The van der Waals surface area contributed by atoms with E-state index in [-0.39, 0.29) is 5.91 Å². The summed E-state index contributed by atoms with van der Waals surface area (Å²) in [7, 11) is 4.63. The van der Waals surface area contributed by atoms with E-state index in [1.54, 1.807) is 45.6 Å². The highest BCUT2D eigenvalue weighted by Gasteiger charge is 2.18. The van der Waals surface area contributed by atoms with Crippen molar-refractivity contribution in [3.05, 3.63) is 36.3 Å². The maximum Gasteiger partial charge on any atom is 0.274 e. The van der Waals surface area contributed by atoms with Crippen LogP contribution < -0.4 is 24.4 Å². The van der Waals surface area contributed by atoms with Crippen molar-refractivity contribution in [3.8, 4) is 28.5 Å². The standard InChI is InChI=1S/C22H26N6O4/c1-30-17-9-14(10-18(31-2)21(17)32-3)15-11-16(27-26-15)22(29)25-19-12-20(24-13-23-19)28-7-5-4-6-8-28/h9-13H,4-8H2,1-3H3,(H,26,27)(H,23,24,25,29). The van der Waals surface area contributed by atoms with E-state index in [1.165, 1.54) is 12.7 Å². The number of aromatic nitrogens is 4. The summed E-state index contributed by atoms with van der Waals surface area (Å²) in [4.78, 5) is 23.5. The number of nitrogens with zero attached hydrogens (tertiary/aromatic N) is 4. The van der Waals surface area contributed by atoms with E-state index >= 15 is 0 Å². The molecule has 0 spiro atoms. The number of hydrogen-bond acceptors (Lipinski definition) is 8. The molecule has 3 heterocycles. The van der Waals surface area contributed by atoms with E-state index in [2.05, 4.69) is 30.4 Å². The molecular weight excluding hydrogens is 412 g/mol. The molecule has 0 saturated carbocycles. The van der Waals surface area contributed by atoms with Gasteiger partial charge in [-0.1, -0.05) is 0 Å². The Morgan fingerprint density at radius 3 is 2.34 bits per heavy atom. The molecule has 1 saturated heterocycles. The number of piperidine rings is 1. The lowest BCUT2D eigenvalue weighted by Crippen LogP contribution is -2.30. The summed E-state index contributed by atoms with van der Waals surface area (Å²) < 4.78 is 16.1. The summed E-state index contributed by atoms with van der Waals surface area (Å²) >= 11 is 0. The van der Waals surface area contributed by atoms with Gasteiger partial charge in [0.15, 0.2) is 11.5 Å². The van der Waals surface area contributed by atoms with Crippen molar-refractivity contribution in [3.63, 3.8) is 0 Å². The zero-order valence-corrected chi connectivity index (χ0v) is 18.3. The van der Waals surface area contributed by atoms with Gasteiger partial charge in [-0.05, 0) is 37.5 Å². The van der Waals surface area contributed by atoms with Crippen molar-refractivity contribution < 1.29 is 19.0 Å². The first kappa shape index (κ1) is 21.4. The van der Waals surface area contributed by atoms with Crippen LogP contribution in [0.4, 0.5) is 11.6 Å². The van der Waals surface area contributed by atoms with Crippen LogP contribution >= 0.6 is 0 Å². The molecule has 4 rings (SSSR count). The largest absolute Gasteiger partial charge is 0.493 e. The third-order valence-corrected chi connectivity index (χ3v) is 5.36. The predicted octanol–water partition coefficient (Wildman–Crippen LogP) is 3.14. The van der Waals surface area contributed by atoms with Crippen LogP contribution in [0.15, 0.2) is 30.6 Å². The van der Waals surface area contributed by atoms with E-state index in [0.717, 1.165) is 31.7 Å². The molecule has 2 aromatic heterocycles.